The number of hydrogen-bond acceptors (Lipinski definition) is 2. The second-order valence-electron chi connectivity index (χ2n) is 11.5. The zero-order valence-corrected chi connectivity index (χ0v) is 26.9. The van der Waals surface area contributed by atoms with Crippen molar-refractivity contribution >= 4 is 31.9 Å². The minimum absolute atomic E-state index is 0. The fraction of sp³-hybridized carbons (Fsp3) is 0.621. The third-order valence-corrected chi connectivity index (χ3v) is 14.8. The molecule has 1 saturated carbocycles. The van der Waals surface area contributed by atoms with Crippen LogP contribution in [0, 0.1) is 26.2 Å². The zero-order valence-electron chi connectivity index (χ0n) is 22.9. The molecule has 0 bridgehead atoms. The van der Waals surface area contributed by atoms with Gasteiger partial charge in [-0.1, -0.05) is 88.7 Å². The molecule has 1 aromatic carbocycles. The first-order chi connectivity index (χ1) is 16.1. The van der Waals surface area contributed by atoms with Gasteiger partial charge < -0.3 is 17.4 Å². The van der Waals surface area contributed by atoms with Crippen molar-refractivity contribution in [3.8, 4) is 5.75 Å². The Morgan fingerprint density at radius 2 is 1.63 bits per heavy atom. The maximum atomic E-state index is 11.7. The van der Waals surface area contributed by atoms with Gasteiger partial charge >= 0.3 is 35.6 Å². The summed E-state index contributed by atoms with van der Waals surface area (Å²) in [6, 6.07) is 7.68. The van der Waals surface area contributed by atoms with E-state index in [0.29, 0.717) is 29.2 Å². The Morgan fingerprint density at radius 1 is 1.06 bits per heavy atom. The molecule has 1 aliphatic heterocycles. The summed E-state index contributed by atoms with van der Waals surface area (Å²) in [6.45, 7) is 16.3. The van der Waals surface area contributed by atoms with Crippen LogP contribution in [0.4, 0.5) is 0 Å². The third-order valence-electron chi connectivity index (χ3n) is 8.75. The average Bonchev–Trinajstić information content (AvgIpc) is 3.45. The van der Waals surface area contributed by atoms with Gasteiger partial charge in [0.1, 0.15) is 5.75 Å². The van der Waals surface area contributed by atoms with Crippen LogP contribution in [0.2, 0.25) is 17.6 Å². The molecule has 3 aliphatic rings. The van der Waals surface area contributed by atoms with E-state index in [0.717, 1.165) is 5.56 Å². The number of fused-ring (bicyclic) bond motifs is 1. The van der Waals surface area contributed by atoms with Crippen LogP contribution in [-0.2, 0) is 22.4 Å². The first-order valence-corrected chi connectivity index (χ1v) is 19.8. The number of rotatable bonds is 5. The standard InChI is InChI=1S/C28H43NOSi.CH3.2ClH.Ti/c1-7-31(8-2,25-18-20(3)17-23(26(25)30)28(4,5)6)27-22-14-10-9-13-21(22)19-24(27)29-15-11-12-16-29;;;;/h9-10,13-14,17-18,21-22,24,27,30H,7-8,11-12,15-16,19H2,1-6H3;1H3;2*1H;/q;-1;;;+2/p-2. The molecule has 0 spiro atoms. The summed E-state index contributed by atoms with van der Waals surface area (Å²) in [5.41, 5.74) is 3.06. The predicted octanol–water partition coefficient (Wildman–Crippen LogP) is 8.12. The topological polar surface area (TPSA) is 23.5 Å². The van der Waals surface area contributed by atoms with E-state index >= 15 is 0 Å². The van der Waals surface area contributed by atoms with Gasteiger partial charge in [0.15, 0.2) is 0 Å². The van der Waals surface area contributed by atoms with Crippen LogP contribution in [0.5, 0.6) is 5.75 Å². The number of benzene rings is 1. The van der Waals surface area contributed by atoms with Crippen LogP contribution in [-0.4, -0.2) is 37.2 Å². The molecule has 0 radical (unpaired) electrons. The van der Waals surface area contributed by atoms with Crippen LogP contribution in [0.15, 0.2) is 36.4 Å². The fourth-order valence-corrected chi connectivity index (χ4v) is 13.0. The monoisotopic (exact) mass is 570 g/mol. The summed E-state index contributed by atoms with van der Waals surface area (Å²) in [7, 11) is 7.79. The van der Waals surface area contributed by atoms with Gasteiger partial charge in [0.25, 0.3) is 0 Å². The van der Waals surface area contributed by atoms with E-state index in [9.17, 15) is 5.11 Å². The van der Waals surface area contributed by atoms with Crippen LogP contribution in [0.3, 0.4) is 0 Å². The molecule has 35 heavy (non-hydrogen) atoms. The van der Waals surface area contributed by atoms with Crippen molar-refractivity contribution in [2.75, 3.05) is 13.1 Å². The maximum absolute atomic E-state index is 11.7. The number of aromatic hydroxyl groups is 1. The Balaban J connectivity index is 0.00000103. The van der Waals surface area contributed by atoms with E-state index in [1.807, 2.05) is 0 Å². The first kappa shape index (κ1) is 31.2. The van der Waals surface area contributed by atoms with Gasteiger partial charge in [0, 0.05) is 6.04 Å². The molecule has 2 fully saturated rings. The molecule has 1 heterocycles. The number of aryl methyl sites for hydroxylation is 1. The van der Waals surface area contributed by atoms with Gasteiger partial charge in [0.05, 0.1) is 8.07 Å². The average molecular weight is 572 g/mol. The second-order valence-corrected chi connectivity index (χ2v) is 19.0. The first-order valence-electron chi connectivity index (χ1n) is 13.0. The van der Waals surface area contributed by atoms with Gasteiger partial charge in [-0.15, -0.1) is 0 Å². The van der Waals surface area contributed by atoms with Crippen molar-refractivity contribution in [3.05, 3.63) is 55.0 Å². The number of likely N-dealkylation sites (tertiary alicyclic amines) is 1. The number of nitrogens with zero attached hydrogens (tertiary/aromatic N) is 1. The van der Waals surface area contributed by atoms with Gasteiger partial charge in [0.2, 0.25) is 0 Å². The molecule has 4 atom stereocenters. The van der Waals surface area contributed by atoms with Gasteiger partial charge in [-0.2, -0.15) is 0 Å². The summed E-state index contributed by atoms with van der Waals surface area (Å²) in [6.07, 6.45) is 13.6. The van der Waals surface area contributed by atoms with Crippen molar-refractivity contribution < 1.29 is 22.1 Å². The molecule has 1 N–H and O–H groups in total. The van der Waals surface area contributed by atoms with Crippen molar-refractivity contribution in [2.24, 2.45) is 11.8 Å². The number of phenolic OH excluding ortho intramolecular Hbond substituents is 1. The molecule has 2 aliphatic carbocycles. The van der Waals surface area contributed by atoms with Gasteiger partial charge in [-0.25, -0.2) is 0 Å². The van der Waals surface area contributed by atoms with Crippen molar-refractivity contribution in [1.29, 1.82) is 0 Å². The molecule has 196 valence electrons. The molecule has 1 saturated heterocycles. The minimum atomic E-state index is -1.99. The number of phenols is 1. The quantitative estimate of drug-likeness (QED) is 0.285. The van der Waals surface area contributed by atoms with Gasteiger partial charge in [-0.05, 0) is 72.8 Å². The van der Waals surface area contributed by atoms with Gasteiger partial charge in [-0.3, -0.25) is 0 Å². The Labute approximate surface area is 233 Å². The van der Waals surface area contributed by atoms with E-state index < -0.39 is 25.1 Å². The Morgan fingerprint density at radius 3 is 2.17 bits per heavy atom. The molecule has 2 nitrogen and oxygen atoms in total. The molecule has 1 aromatic rings. The molecule has 4 rings (SSSR count). The van der Waals surface area contributed by atoms with Crippen LogP contribution >= 0.6 is 18.6 Å². The third kappa shape index (κ3) is 6.35. The predicted molar refractivity (Wildman–Crippen MR) is 154 cm³/mol. The Hall–Kier alpha value is -0.0288. The molecular weight excluding hydrogens is 525 g/mol. The summed E-state index contributed by atoms with van der Waals surface area (Å²) >= 11 is -0.556. The van der Waals surface area contributed by atoms with E-state index in [1.165, 1.54) is 55.2 Å². The summed E-state index contributed by atoms with van der Waals surface area (Å²) in [5, 5.41) is 13.1. The van der Waals surface area contributed by atoms with Crippen LogP contribution < -0.4 is 5.19 Å². The molecule has 6 heteroatoms. The van der Waals surface area contributed by atoms with Crippen molar-refractivity contribution in [3.63, 3.8) is 0 Å². The summed E-state index contributed by atoms with van der Waals surface area (Å²) < 4.78 is 0. The van der Waals surface area contributed by atoms with E-state index in [-0.39, 0.29) is 12.8 Å². The van der Waals surface area contributed by atoms with Crippen LogP contribution in [0.1, 0.15) is 65.0 Å². The fourth-order valence-electron chi connectivity index (χ4n) is 7.17. The normalized spacial score (nSPS) is 26.1. The van der Waals surface area contributed by atoms with E-state index in [4.69, 9.17) is 18.6 Å². The van der Waals surface area contributed by atoms with Crippen molar-refractivity contribution in [2.45, 2.75) is 89.9 Å². The number of hydrogen-bond donors (Lipinski definition) is 1. The van der Waals surface area contributed by atoms with Crippen molar-refractivity contribution in [1.82, 2.24) is 4.90 Å². The SMILES string of the molecule is CC[Si](CC)(c1cc(C)cc(C(C)(C)C)c1O)C1C2C=CC=CC2CC1N1CCCC1.[CH3-].[Cl][Ti][Cl]. The summed E-state index contributed by atoms with van der Waals surface area (Å²) in [5.74, 6) is 1.91. The molecule has 4 unspecified atom stereocenters. The molecule has 0 amide bonds. The Kier molecular flexibility index (Phi) is 11.7. The number of allylic oxidation sites excluding steroid dienone is 4. The van der Waals surface area contributed by atoms with E-state index in [2.05, 4.69) is 82.9 Å². The number of halogens is 2. The van der Waals surface area contributed by atoms with Crippen LogP contribution in [0.25, 0.3) is 0 Å². The molecular formula is C29H46Cl2NOSiTi-. The second kappa shape index (κ2) is 13.2. The zero-order chi connectivity index (χ0) is 25.1. The van der Waals surface area contributed by atoms with E-state index in [1.54, 1.807) is 0 Å². The molecule has 0 aromatic heterocycles. The summed E-state index contributed by atoms with van der Waals surface area (Å²) in [4.78, 5) is 2.83. The Bertz CT molecular complexity index is 887.